The van der Waals surface area contributed by atoms with Crippen LogP contribution in [0, 0.1) is 18.3 Å². The van der Waals surface area contributed by atoms with Crippen molar-refractivity contribution in [3.05, 3.63) is 41.0 Å². The minimum Gasteiger partial charge on any atom is -0.471 e. The van der Waals surface area contributed by atoms with Crippen LogP contribution in [-0.2, 0) is 13.2 Å². The van der Waals surface area contributed by atoms with Crippen molar-refractivity contribution in [2.24, 2.45) is 0 Å². The molecule has 1 aromatic heterocycles. The van der Waals surface area contributed by atoms with Crippen molar-refractivity contribution in [2.45, 2.75) is 33.4 Å². The predicted octanol–water partition coefficient (Wildman–Crippen LogP) is 2.63. The van der Waals surface area contributed by atoms with E-state index in [-0.39, 0.29) is 0 Å². The first-order chi connectivity index (χ1) is 9.65. The molecule has 20 heavy (non-hydrogen) atoms. The van der Waals surface area contributed by atoms with Gasteiger partial charge in [-0.1, -0.05) is 36.8 Å². The lowest BCUT2D eigenvalue weighted by molar-refractivity contribution is 0.288. The van der Waals surface area contributed by atoms with E-state index >= 15 is 0 Å². The second kappa shape index (κ2) is 6.11. The highest BCUT2D eigenvalue weighted by atomic mass is 16.5. The maximum Gasteiger partial charge on any atom is 0.253 e. The number of aromatic nitrogens is 2. The molecule has 0 radical (unpaired) electrons. The molecule has 5 nitrogen and oxygen atoms in total. The Hall–Kier alpha value is -2.48. The molecule has 2 N–H and O–H groups in total. The minimum absolute atomic E-state index is 0.306. The van der Waals surface area contributed by atoms with Crippen LogP contribution >= 0.6 is 0 Å². The summed E-state index contributed by atoms with van der Waals surface area (Å²) < 4.78 is 7.26. The molecule has 2 aromatic rings. The summed E-state index contributed by atoms with van der Waals surface area (Å²) in [6.45, 7) is 5.10. The van der Waals surface area contributed by atoms with Crippen LogP contribution in [0.5, 0.6) is 5.88 Å². The molecule has 2 rings (SSSR count). The quantitative estimate of drug-likeness (QED) is 0.906. The average Bonchev–Trinajstić information content (AvgIpc) is 2.73. The third-order valence-corrected chi connectivity index (χ3v) is 2.96. The number of hydrogen-bond donors (Lipinski definition) is 1. The van der Waals surface area contributed by atoms with Gasteiger partial charge in [-0.3, -0.25) is 0 Å². The number of aryl methyl sites for hydroxylation is 2. The molecule has 0 spiro atoms. The van der Waals surface area contributed by atoms with Crippen molar-refractivity contribution < 1.29 is 4.74 Å². The zero-order chi connectivity index (χ0) is 14.5. The molecule has 0 atom stereocenters. The molecule has 0 aliphatic heterocycles. The van der Waals surface area contributed by atoms with Gasteiger partial charge in [0, 0.05) is 6.54 Å². The zero-order valence-corrected chi connectivity index (χ0v) is 11.8. The fourth-order valence-electron chi connectivity index (χ4n) is 1.99. The normalized spacial score (nSPS) is 10.2. The number of anilines is 1. The molecule has 0 saturated carbocycles. The van der Waals surface area contributed by atoms with Crippen molar-refractivity contribution in [2.75, 3.05) is 5.73 Å². The Morgan fingerprint density at radius 2 is 2.25 bits per heavy atom. The molecular weight excluding hydrogens is 252 g/mol. The molecular formula is C15H18N4O. The Balaban J connectivity index is 2.17. The topological polar surface area (TPSA) is 76.9 Å². The van der Waals surface area contributed by atoms with Crippen molar-refractivity contribution in [1.29, 1.82) is 5.26 Å². The first-order valence-corrected chi connectivity index (χ1v) is 6.60. The molecule has 0 bridgehead atoms. The van der Waals surface area contributed by atoms with Gasteiger partial charge in [-0.25, -0.2) is 4.68 Å². The van der Waals surface area contributed by atoms with Gasteiger partial charge in [0.25, 0.3) is 5.88 Å². The van der Waals surface area contributed by atoms with E-state index in [0.29, 0.717) is 30.4 Å². The third kappa shape index (κ3) is 2.91. The van der Waals surface area contributed by atoms with Gasteiger partial charge in [0.1, 0.15) is 18.5 Å². The molecule has 0 saturated heterocycles. The Morgan fingerprint density at radius 1 is 1.45 bits per heavy atom. The molecule has 0 unspecified atom stereocenters. The fourth-order valence-corrected chi connectivity index (χ4v) is 1.99. The summed E-state index contributed by atoms with van der Waals surface area (Å²) in [5.74, 6) is 0.675. The molecule has 0 aliphatic carbocycles. The lowest BCUT2D eigenvalue weighted by Gasteiger charge is -2.04. The summed E-state index contributed by atoms with van der Waals surface area (Å²) >= 11 is 0. The molecule has 104 valence electrons. The summed E-state index contributed by atoms with van der Waals surface area (Å²) in [5, 5.41) is 13.4. The van der Waals surface area contributed by atoms with Crippen LogP contribution in [-0.4, -0.2) is 9.78 Å². The first kappa shape index (κ1) is 13.9. The van der Waals surface area contributed by atoms with Gasteiger partial charge >= 0.3 is 0 Å². The highest BCUT2D eigenvalue weighted by molar-refractivity contribution is 5.55. The fraction of sp³-hybridized carbons (Fsp3) is 0.333. The second-order valence-corrected chi connectivity index (χ2v) is 4.68. The van der Waals surface area contributed by atoms with Gasteiger partial charge in [0.15, 0.2) is 5.56 Å². The van der Waals surface area contributed by atoms with Crippen LogP contribution in [0.25, 0.3) is 0 Å². The number of rotatable bonds is 5. The van der Waals surface area contributed by atoms with E-state index in [2.05, 4.69) is 11.2 Å². The lowest BCUT2D eigenvalue weighted by Crippen LogP contribution is -2.04. The highest BCUT2D eigenvalue weighted by Crippen LogP contribution is 2.24. The number of nitrogens with zero attached hydrogens (tertiary/aromatic N) is 3. The predicted molar refractivity (Wildman–Crippen MR) is 77.2 cm³/mol. The number of ether oxygens (including phenoxy) is 1. The van der Waals surface area contributed by atoms with Gasteiger partial charge in [-0.05, 0) is 18.9 Å². The Labute approximate surface area is 118 Å². The van der Waals surface area contributed by atoms with Gasteiger partial charge in [-0.15, -0.1) is 5.10 Å². The lowest BCUT2D eigenvalue weighted by atomic mass is 10.1. The summed E-state index contributed by atoms with van der Waals surface area (Å²) in [4.78, 5) is 0. The van der Waals surface area contributed by atoms with Crippen LogP contribution in [0.4, 0.5) is 5.82 Å². The van der Waals surface area contributed by atoms with E-state index in [1.54, 1.807) is 4.68 Å². The second-order valence-electron chi connectivity index (χ2n) is 4.68. The smallest absolute Gasteiger partial charge is 0.253 e. The average molecular weight is 270 g/mol. The largest absolute Gasteiger partial charge is 0.471 e. The summed E-state index contributed by atoms with van der Waals surface area (Å²) in [5.41, 5.74) is 8.41. The number of nitrogens with two attached hydrogens (primary N) is 1. The van der Waals surface area contributed by atoms with Crippen LogP contribution in [0.1, 0.15) is 30.0 Å². The molecule has 5 heteroatoms. The van der Waals surface area contributed by atoms with E-state index < -0.39 is 0 Å². The highest BCUT2D eigenvalue weighted by Gasteiger charge is 2.16. The number of nitrogen functional groups attached to an aromatic ring is 1. The third-order valence-electron chi connectivity index (χ3n) is 2.96. The number of nitriles is 1. The first-order valence-electron chi connectivity index (χ1n) is 6.60. The summed E-state index contributed by atoms with van der Waals surface area (Å²) in [7, 11) is 0. The molecule has 1 heterocycles. The van der Waals surface area contributed by atoms with Crippen LogP contribution in [0.2, 0.25) is 0 Å². The Kier molecular flexibility index (Phi) is 4.26. The minimum atomic E-state index is 0.306. The van der Waals surface area contributed by atoms with E-state index in [4.69, 9.17) is 15.7 Å². The summed E-state index contributed by atoms with van der Waals surface area (Å²) in [6.07, 6.45) is 0.897. The van der Waals surface area contributed by atoms with Crippen LogP contribution in [0.15, 0.2) is 24.3 Å². The van der Waals surface area contributed by atoms with Crippen molar-refractivity contribution in [3.8, 4) is 11.9 Å². The van der Waals surface area contributed by atoms with Crippen LogP contribution < -0.4 is 10.5 Å². The van der Waals surface area contributed by atoms with Crippen molar-refractivity contribution >= 4 is 5.82 Å². The van der Waals surface area contributed by atoms with Gasteiger partial charge in [-0.2, -0.15) is 5.26 Å². The zero-order valence-electron chi connectivity index (χ0n) is 11.8. The van der Waals surface area contributed by atoms with Gasteiger partial charge < -0.3 is 10.5 Å². The molecule has 0 amide bonds. The molecule has 1 aromatic carbocycles. The monoisotopic (exact) mass is 270 g/mol. The van der Waals surface area contributed by atoms with E-state index in [1.165, 1.54) is 5.56 Å². The Morgan fingerprint density at radius 3 is 2.90 bits per heavy atom. The van der Waals surface area contributed by atoms with Crippen LogP contribution in [0.3, 0.4) is 0 Å². The number of hydrogen-bond acceptors (Lipinski definition) is 4. The maximum absolute atomic E-state index is 9.16. The molecule has 0 aliphatic rings. The van der Waals surface area contributed by atoms with Gasteiger partial charge in [0.2, 0.25) is 0 Å². The van der Waals surface area contributed by atoms with Crippen molar-refractivity contribution in [3.63, 3.8) is 0 Å². The van der Waals surface area contributed by atoms with E-state index in [0.717, 1.165) is 12.0 Å². The SMILES string of the molecule is CCCn1nc(OCc2cccc(C)c2)c(C#N)c1N. The standard InChI is InChI=1S/C15H18N4O/c1-3-7-19-14(17)13(9-16)15(18-19)20-10-12-6-4-5-11(2)8-12/h4-6,8H,3,7,10,17H2,1-2H3. The van der Waals surface area contributed by atoms with Crippen molar-refractivity contribution in [1.82, 2.24) is 9.78 Å². The number of benzene rings is 1. The maximum atomic E-state index is 9.16. The van der Waals surface area contributed by atoms with E-state index in [9.17, 15) is 0 Å². The Bertz CT molecular complexity index is 640. The molecule has 0 fully saturated rings. The summed E-state index contributed by atoms with van der Waals surface area (Å²) in [6, 6.07) is 10.1. The van der Waals surface area contributed by atoms with Gasteiger partial charge in [0.05, 0.1) is 0 Å². The van der Waals surface area contributed by atoms with E-state index in [1.807, 2.05) is 38.1 Å².